The predicted molar refractivity (Wildman–Crippen MR) is 84.7 cm³/mol. The van der Waals surface area contributed by atoms with E-state index in [9.17, 15) is 0 Å². The number of hydrogen-bond donors (Lipinski definition) is 2. The molecular formula is C15H21N3OS. The van der Waals surface area contributed by atoms with Crippen molar-refractivity contribution in [1.82, 2.24) is 10.3 Å². The lowest BCUT2D eigenvalue weighted by Gasteiger charge is -2.27. The summed E-state index contributed by atoms with van der Waals surface area (Å²) in [5.74, 6) is 0. The highest BCUT2D eigenvalue weighted by atomic mass is 32.1. The van der Waals surface area contributed by atoms with E-state index >= 15 is 0 Å². The molecular weight excluding hydrogens is 270 g/mol. The fourth-order valence-corrected chi connectivity index (χ4v) is 3.54. The van der Waals surface area contributed by atoms with Gasteiger partial charge in [0, 0.05) is 24.3 Å². The van der Waals surface area contributed by atoms with Gasteiger partial charge >= 0.3 is 0 Å². The van der Waals surface area contributed by atoms with Gasteiger partial charge < -0.3 is 15.4 Å². The molecule has 1 aliphatic rings. The molecule has 0 saturated carbocycles. The third kappa shape index (κ3) is 3.29. The van der Waals surface area contributed by atoms with E-state index in [1.54, 1.807) is 11.3 Å². The quantitative estimate of drug-likeness (QED) is 0.909. The zero-order valence-electron chi connectivity index (χ0n) is 12.0. The first kappa shape index (κ1) is 13.8. The number of fused-ring (bicyclic) bond motifs is 1. The fourth-order valence-electron chi connectivity index (χ4n) is 2.67. The maximum absolute atomic E-state index is 5.50. The number of ether oxygens (including phenoxy) is 1. The number of aryl methyl sites for hydroxylation is 1. The van der Waals surface area contributed by atoms with Crippen LogP contribution in [0.4, 0.5) is 5.69 Å². The third-order valence-corrected chi connectivity index (χ3v) is 4.48. The lowest BCUT2D eigenvalue weighted by Crippen LogP contribution is -2.43. The molecule has 1 aromatic heterocycles. The molecule has 0 radical (unpaired) electrons. The van der Waals surface area contributed by atoms with Crippen molar-refractivity contribution in [3.05, 3.63) is 23.2 Å². The smallest absolute Gasteiger partial charge is 0.0907 e. The number of thiazole rings is 1. The Hall–Kier alpha value is -1.17. The van der Waals surface area contributed by atoms with E-state index in [-0.39, 0.29) is 0 Å². The largest absolute Gasteiger partial charge is 0.382 e. The molecule has 3 rings (SSSR count). The van der Waals surface area contributed by atoms with Crippen LogP contribution in [0.25, 0.3) is 10.2 Å². The molecule has 0 aliphatic carbocycles. The Bertz CT molecular complexity index is 578. The summed E-state index contributed by atoms with van der Waals surface area (Å²) in [5, 5.41) is 8.19. The SMILES string of the molecule is Cc1nc2ccc(NC(C)CC3COCCN3)cc2s1. The maximum atomic E-state index is 5.50. The normalized spacial score (nSPS) is 21.0. The maximum Gasteiger partial charge on any atom is 0.0907 e. The van der Waals surface area contributed by atoms with E-state index in [1.807, 2.05) is 0 Å². The minimum Gasteiger partial charge on any atom is -0.382 e. The summed E-state index contributed by atoms with van der Waals surface area (Å²) in [4.78, 5) is 4.49. The molecule has 20 heavy (non-hydrogen) atoms. The highest BCUT2D eigenvalue weighted by molar-refractivity contribution is 7.18. The summed E-state index contributed by atoms with van der Waals surface area (Å²) < 4.78 is 6.75. The zero-order chi connectivity index (χ0) is 13.9. The first-order valence-corrected chi connectivity index (χ1v) is 7.97. The van der Waals surface area contributed by atoms with Gasteiger partial charge in [-0.05, 0) is 38.5 Å². The molecule has 108 valence electrons. The van der Waals surface area contributed by atoms with Crippen molar-refractivity contribution < 1.29 is 4.74 Å². The minimum atomic E-state index is 0.417. The van der Waals surface area contributed by atoms with E-state index in [1.165, 1.54) is 10.4 Å². The van der Waals surface area contributed by atoms with Crippen LogP contribution >= 0.6 is 11.3 Å². The van der Waals surface area contributed by atoms with Crippen LogP contribution in [0.5, 0.6) is 0 Å². The van der Waals surface area contributed by atoms with E-state index in [2.05, 4.69) is 47.7 Å². The Balaban J connectivity index is 1.62. The molecule has 4 nitrogen and oxygen atoms in total. The Morgan fingerprint density at radius 3 is 3.25 bits per heavy atom. The second-order valence-electron chi connectivity index (χ2n) is 5.42. The molecule has 5 heteroatoms. The van der Waals surface area contributed by atoms with Crippen molar-refractivity contribution in [3.8, 4) is 0 Å². The van der Waals surface area contributed by atoms with Gasteiger partial charge in [-0.1, -0.05) is 0 Å². The molecule has 2 N–H and O–H groups in total. The Morgan fingerprint density at radius 1 is 1.55 bits per heavy atom. The standard InChI is InChI=1S/C15H21N3OS/c1-10(7-13-9-19-6-5-16-13)17-12-3-4-14-15(8-12)20-11(2)18-14/h3-4,8,10,13,16-17H,5-7,9H2,1-2H3. The van der Waals surface area contributed by atoms with Crippen molar-refractivity contribution >= 4 is 27.2 Å². The lowest BCUT2D eigenvalue weighted by atomic mass is 10.1. The molecule has 2 aromatic rings. The van der Waals surface area contributed by atoms with Gasteiger partial charge in [0.05, 0.1) is 28.4 Å². The van der Waals surface area contributed by atoms with Gasteiger partial charge in [0.1, 0.15) is 0 Å². The molecule has 1 aromatic carbocycles. The van der Waals surface area contributed by atoms with Gasteiger partial charge in [-0.25, -0.2) is 4.98 Å². The van der Waals surface area contributed by atoms with Crippen LogP contribution < -0.4 is 10.6 Å². The summed E-state index contributed by atoms with van der Waals surface area (Å²) in [7, 11) is 0. The van der Waals surface area contributed by atoms with Crippen molar-refractivity contribution in [2.24, 2.45) is 0 Å². The molecule has 2 atom stereocenters. The number of nitrogens with zero attached hydrogens (tertiary/aromatic N) is 1. The van der Waals surface area contributed by atoms with Crippen LogP contribution in [-0.2, 0) is 4.74 Å². The van der Waals surface area contributed by atoms with Gasteiger partial charge in [-0.3, -0.25) is 0 Å². The highest BCUT2D eigenvalue weighted by Gasteiger charge is 2.16. The van der Waals surface area contributed by atoms with Crippen LogP contribution in [0.1, 0.15) is 18.4 Å². The number of nitrogens with one attached hydrogen (secondary N) is 2. The van der Waals surface area contributed by atoms with Gasteiger partial charge in [-0.2, -0.15) is 0 Å². The summed E-state index contributed by atoms with van der Waals surface area (Å²) in [6, 6.07) is 7.28. The van der Waals surface area contributed by atoms with Crippen LogP contribution in [0.15, 0.2) is 18.2 Å². The van der Waals surface area contributed by atoms with Crippen molar-refractivity contribution in [2.45, 2.75) is 32.4 Å². The van der Waals surface area contributed by atoms with Crippen LogP contribution in [0.2, 0.25) is 0 Å². The van der Waals surface area contributed by atoms with Crippen molar-refractivity contribution in [2.75, 3.05) is 25.1 Å². The van der Waals surface area contributed by atoms with Crippen LogP contribution in [-0.4, -0.2) is 36.8 Å². The molecule has 2 heterocycles. The van der Waals surface area contributed by atoms with E-state index < -0.39 is 0 Å². The lowest BCUT2D eigenvalue weighted by molar-refractivity contribution is 0.0731. The number of hydrogen-bond acceptors (Lipinski definition) is 5. The zero-order valence-corrected chi connectivity index (χ0v) is 12.8. The Kier molecular flexibility index (Phi) is 4.19. The van der Waals surface area contributed by atoms with Crippen molar-refractivity contribution in [3.63, 3.8) is 0 Å². The summed E-state index contributed by atoms with van der Waals surface area (Å²) >= 11 is 1.75. The minimum absolute atomic E-state index is 0.417. The van der Waals surface area contributed by atoms with Crippen molar-refractivity contribution in [1.29, 1.82) is 0 Å². The van der Waals surface area contributed by atoms with Gasteiger partial charge in [0.25, 0.3) is 0 Å². The van der Waals surface area contributed by atoms with Crippen LogP contribution in [0.3, 0.4) is 0 Å². The average Bonchev–Trinajstić information content (AvgIpc) is 2.79. The number of morpholine rings is 1. The summed E-state index contributed by atoms with van der Waals surface area (Å²) in [6.07, 6.45) is 1.07. The summed E-state index contributed by atoms with van der Waals surface area (Å²) in [5.41, 5.74) is 2.26. The Labute approximate surface area is 123 Å². The van der Waals surface area contributed by atoms with Gasteiger partial charge in [-0.15, -0.1) is 11.3 Å². The van der Waals surface area contributed by atoms with Gasteiger partial charge in [0.2, 0.25) is 0 Å². The van der Waals surface area contributed by atoms with E-state index in [0.29, 0.717) is 12.1 Å². The molecule has 2 unspecified atom stereocenters. The fraction of sp³-hybridized carbons (Fsp3) is 0.533. The average molecular weight is 291 g/mol. The van der Waals surface area contributed by atoms with Crippen LogP contribution in [0, 0.1) is 6.92 Å². The Morgan fingerprint density at radius 2 is 2.45 bits per heavy atom. The number of benzene rings is 1. The third-order valence-electron chi connectivity index (χ3n) is 3.54. The highest BCUT2D eigenvalue weighted by Crippen LogP contribution is 2.25. The summed E-state index contributed by atoms with van der Waals surface area (Å²) in [6.45, 7) is 6.88. The number of rotatable bonds is 4. The molecule has 1 fully saturated rings. The van der Waals surface area contributed by atoms with E-state index in [0.717, 1.165) is 36.7 Å². The second kappa shape index (κ2) is 6.08. The van der Waals surface area contributed by atoms with Gasteiger partial charge in [0.15, 0.2) is 0 Å². The monoisotopic (exact) mass is 291 g/mol. The molecule has 1 saturated heterocycles. The second-order valence-corrected chi connectivity index (χ2v) is 6.66. The number of anilines is 1. The molecule has 1 aliphatic heterocycles. The topological polar surface area (TPSA) is 46.2 Å². The predicted octanol–water partition coefficient (Wildman–Crippen LogP) is 2.78. The number of aromatic nitrogens is 1. The first-order chi connectivity index (χ1) is 9.70. The molecule has 0 amide bonds. The first-order valence-electron chi connectivity index (χ1n) is 7.15. The molecule has 0 spiro atoms. The van der Waals surface area contributed by atoms with E-state index in [4.69, 9.17) is 4.74 Å². The molecule has 0 bridgehead atoms.